The third-order valence-corrected chi connectivity index (χ3v) is 5.62. The number of nitrogens with one attached hydrogen (secondary N) is 1. The number of rotatable bonds is 8. The van der Waals surface area contributed by atoms with Gasteiger partial charge in [-0.25, -0.2) is 15.0 Å². The zero-order valence-corrected chi connectivity index (χ0v) is 19.7. The van der Waals surface area contributed by atoms with E-state index < -0.39 is 0 Å². The quantitative estimate of drug-likeness (QED) is 0.375. The largest absolute Gasteiger partial charge is 0.477 e. The highest BCUT2D eigenvalue weighted by molar-refractivity contribution is 5.95. The standard InChI is InChI=1S/C25H31N5O2/c1-7-22-16(5)23-24(30(22)15(3)4)21(27-13-18-14-32-17(6)28-18)12-20(29-23)19-10-9-11-26-25(19)31-8-2/h9-12,14-15H,7-8,13H2,1-6H3,(H,27,29). The molecule has 0 saturated carbocycles. The van der Waals surface area contributed by atoms with E-state index in [9.17, 15) is 0 Å². The first kappa shape index (κ1) is 21.9. The first-order chi connectivity index (χ1) is 15.4. The number of anilines is 1. The predicted molar refractivity (Wildman–Crippen MR) is 127 cm³/mol. The number of oxazole rings is 1. The molecule has 4 aromatic heterocycles. The van der Waals surface area contributed by atoms with Crippen LogP contribution in [0.3, 0.4) is 0 Å². The second-order valence-corrected chi connectivity index (χ2v) is 8.14. The lowest BCUT2D eigenvalue weighted by molar-refractivity contribution is 0.328. The fourth-order valence-electron chi connectivity index (χ4n) is 4.29. The molecule has 0 aliphatic carbocycles. The molecular weight excluding hydrogens is 402 g/mol. The van der Waals surface area contributed by atoms with E-state index in [0.717, 1.165) is 40.1 Å². The summed E-state index contributed by atoms with van der Waals surface area (Å²) in [4.78, 5) is 14.0. The summed E-state index contributed by atoms with van der Waals surface area (Å²) in [6, 6.07) is 6.32. The van der Waals surface area contributed by atoms with E-state index in [0.29, 0.717) is 31.0 Å². The van der Waals surface area contributed by atoms with Crippen molar-refractivity contribution in [3.63, 3.8) is 0 Å². The number of aromatic nitrogens is 4. The number of hydrogen-bond acceptors (Lipinski definition) is 6. The van der Waals surface area contributed by atoms with Crippen LogP contribution in [0.15, 0.2) is 35.1 Å². The zero-order chi connectivity index (χ0) is 22.8. The van der Waals surface area contributed by atoms with Crippen LogP contribution in [-0.4, -0.2) is 26.1 Å². The minimum absolute atomic E-state index is 0.307. The van der Waals surface area contributed by atoms with Gasteiger partial charge in [0.15, 0.2) is 5.89 Å². The Kier molecular flexibility index (Phi) is 6.17. The Morgan fingerprint density at radius 2 is 2.00 bits per heavy atom. The predicted octanol–water partition coefficient (Wildman–Crippen LogP) is 5.86. The molecule has 32 heavy (non-hydrogen) atoms. The highest BCUT2D eigenvalue weighted by Gasteiger charge is 2.22. The molecule has 0 amide bonds. The van der Waals surface area contributed by atoms with Gasteiger partial charge in [-0.15, -0.1) is 0 Å². The molecule has 4 aromatic rings. The summed E-state index contributed by atoms with van der Waals surface area (Å²) < 4.78 is 13.6. The summed E-state index contributed by atoms with van der Waals surface area (Å²) in [7, 11) is 0. The molecule has 0 aromatic carbocycles. The number of pyridine rings is 2. The monoisotopic (exact) mass is 433 g/mol. The molecule has 0 aliphatic rings. The fraction of sp³-hybridized carbons (Fsp3) is 0.400. The van der Waals surface area contributed by atoms with E-state index in [-0.39, 0.29) is 0 Å². The zero-order valence-electron chi connectivity index (χ0n) is 19.7. The van der Waals surface area contributed by atoms with Crippen LogP contribution >= 0.6 is 0 Å². The summed E-state index contributed by atoms with van der Waals surface area (Å²) in [6.45, 7) is 13.7. The molecule has 0 bridgehead atoms. The van der Waals surface area contributed by atoms with Crippen LogP contribution in [0.1, 0.15) is 56.6 Å². The first-order valence-electron chi connectivity index (χ1n) is 11.2. The van der Waals surface area contributed by atoms with Gasteiger partial charge in [0.05, 0.1) is 46.8 Å². The van der Waals surface area contributed by atoms with Crippen molar-refractivity contribution in [3.8, 4) is 17.1 Å². The highest BCUT2D eigenvalue weighted by Crippen LogP contribution is 2.37. The van der Waals surface area contributed by atoms with E-state index >= 15 is 0 Å². The number of fused-ring (bicyclic) bond motifs is 1. The molecule has 4 heterocycles. The summed E-state index contributed by atoms with van der Waals surface area (Å²) in [6.07, 6.45) is 4.38. The van der Waals surface area contributed by atoms with E-state index in [4.69, 9.17) is 14.1 Å². The van der Waals surface area contributed by atoms with Gasteiger partial charge in [0.25, 0.3) is 0 Å². The first-order valence-corrected chi connectivity index (χ1v) is 11.2. The summed E-state index contributed by atoms with van der Waals surface area (Å²) in [5.74, 6) is 1.25. The van der Waals surface area contributed by atoms with Crippen molar-refractivity contribution in [3.05, 3.63) is 53.5 Å². The van der Waals surface area contributed by atoms with Crippen molar-refractivity contribution < 1.29 is 9.15 Å². The van der Waals surface area contributed by atoms with Gasteiger partial charge < -0.3 is 19.0 Å². The SMILES string of the molecule is CCOc1ncccc1-c1cc(NCc2coc(C)n2)c2c(n1)c(C)c(CC)n2C(C)C. The Morgan fingerprint density at radius 3 is 2.66 bits per heavy atom. The molecule has 7 nitrogen and oxygen atoms in total. The van der Waals surface area contributed by atoms with E-state index in [1.165, 1.54) is 11.3 Å². The van der Waals surface area contributed by atoms with Gasteiger partial charge in [0.2, 0.25) is 5.88 Å². The van der Waals surface area contributed by atoms with E-state index in [1.807, 2.05) is 26.0 Å². The maximum atomic E-state index is 5.79. The molecular formula is C25H31N5O2. The van der Waals surface area contributed by atoms with Gasteiger partial charge in [0, 0.05) is 24.9 Å². The Bertz CT molecular complexity index is 1240. The van der Waals surface area contributed by atoms with Crippen molar-refractivity contribution in [1.29, 1.82) is 0 Å². The lowest BCUT2D eigenvalue weighted by atomic mass is 10.1. The fourth-order valence-corrected chi connectivity index (χ4v) is 4.29. The van der Waals surface area contributed by atoms with Crippen LogP contribution in [0.5, 0.6) is 5.88 Å². The van der Waals surface area contributed by atoms with Gasteiger partial charge in [-0.3, -0.25) is 0 Å². The summed E-state index contributed by atoms with van der Waals surface area (Å²) >= 11 is 0. The third-order valence-electron chi connectivity index (χ3n) is 5.62. The van der Waals surface area contributed by atoms with Gasteiger partial charge in [-0.1, -0.05) is 6.92 Å². The Morgan fingerprint density at radius 1 is 1.19 bits per heavy atom. The molecule has 0 unspecified atom stereocenters. The number of hydrogen-bond donors (Lipinski definition) is 1. The average molecular weight is 434 g/mol. The molecule has 0 radical (unpaired) electrons. The van der Waals surface area contributed by atoms with Crippen molar-refractivity contribution in [2.75, 3.05) is 11.9 Å². The van der Waals surface area contributed by atoms with Crippen molar-refractivity contribution in [1.82, 2.24) is 19.5 Å². The molecule has 0 aliphatic heterocycles. The minimum Gasteiger partial charge on any atom is -0.477 e. The van der Waals surface area contributed by atoms with Crippen LogP contribution < -0.4 is 10.1 Å². The Hall–Kier alpha value is -3.35. The molecule has 0 spiro atoms. The van der Waals surface area contributed by atoms with Crippen LogP contribution in [0.25, 0.3) is 22.3 Å². The number of aryl methyl sites for hydroxylation is 2. The number of ether oxygens (including phenoxy) is 1. The second-order valence-electron chi connectivity index (χ2n) is 8.14. The van der Waals surface area contributed by atoms with E-state index in [1.54, 1.807) is 12.5 Å². The van der Waals surface area contributed by atoms with Crippen LogP contribution in [0, 0.1) is 13.8 Å². The smallest absolute Gasteiger partial charge is 0.222 e. The summed E-state index contributed by atoms with van der Waals surface area (Å²) in [5.41, 5.74) is 8.20. The van der Waals surface area contributed by atoms with Gasteiger partial charge in [0.1, 0.15) is 6.26 Å². The highest BCUT2D eigenvalue weighted by atomic mass is 16.5. The average Bonchev–Trinajstić information content (AvgIpc) is 3.33. The normalized spacial score (nSPS) is 11.5. The lowest BCUT2D eigenvalue weighted by Gasteiger charge is -2.17. The van der Waals surface area contributed by atoms with Crippen LogP contribution in [-0.2, 0) is 13.0 Å². The lowest BCUT2D eigenvalue weighted by Crippen LogP contribution is -2.08. The second kappa shape index (κ2) is 9.02. The molecule has 4 rings (SSSR count). The molecule has 0 atom stereocenters. The van der Waals surface area contributed by atoms with Gasteiger partial charge in [-0.2, -0.15) is 0 Å². The van der Waals surface area contributed by atoms with Gasteiger partial charge in [-0.05, 0) is 57.9 Å². The van der Waals surface area contributed by atoms with Gasteiger partial charge >= 0.3 is 0 Å². The van der Waals surface area contributed by atoms with Crippen molar-refractivity contribution >= 4 is 16.7 Å². The Balaban J connectivity index is 1.93. The molecule has 0 saturated heterocycles. The molecule has 1 N–H and O–H groups in total. The van der Waals surface area contributed by atoms with Crippen LogP contribution in [0.4, 0.5) is 5.69 Å². The Labute approximate surface area is 188 Å². The van der Waals surface area contributed by atoms with Crippen LogP contribution in [0.2, 0.25) is 0 Å². The summed E-state index contributed by atoms with van der Waals surface area (Å²) in [5, 5.41) is 3.59. The van der Waals surface area contributed by atoms with Crippen molar-refractivity contribution in [2.24, 2.45) is 0 Å². The molecule has 0 fully saturated rings. The third kappa shape index (κ3) is 3.95. The maximum absolute atomic E-state index is 5.79. The topological polar surface area (TPSA) is 78.0 Å². The molecule has 168 valence electrons. The maximum Gasteiger partial charge on any atom is 0.222 e. The minimum atomic E-state index is 0.307. The number of nitrogens with zero attached hydrogens (tertiary/aromatic N) is 4. The van der Waals surface area contributed by atoms with E-state index in [2.05, 4.69) is 53.6 Å². The van der Waals surface area contributed by atoms with Crippen molar-refractivity contribution in [2.45, 2.75) is 60.5 Å². The molecule has 7 heteroatoms.